The van der Waals surface area contributed by atoms with E-state index < -0.39 is 0 Å². The second-order valence-corrected chi connectivity index (χ2v) is 2.40. The van der Waals surface area contributed by atoms with Crippen molar-refractivity contribution in [2.75, 3.05) is 0 Å². The molecule has 0 aromatic carbocycles. The molecule has 0 aliphatic heterocycles. The van der Waals surface area contributed by atoms with Crippen LogP contribution in [0.15, 0.2) is 0 Å². The molecule has 0 unspecified atom stereocenters. The van der Waals surface area contributed by atoms with Crippen LogP contribution in [-0.2, 0) is 4.57 Å². The van der Waals surface area contributed by atoms with Crippen molar-refractivity contribution in [2.45, 2.75) is 38.1 Å². The number of nitrogens with two attached hydrogens (primary N) is 1. The highest BCUT2D eigenvalue weighted by Gasteiger charge is 2.06. The summed E-state index contributed by atoms with van der Waals surface area (Å²) in [6.07, 6.45) is 6.66. The predicted molar refractivity (Wildman–Crippen MR) is 40.1 cm³/mol. The molecule has 9 heavy (non-hydrogen) atoms. The summed E-state index contributed by atoms with van der Waals surface area (Å²) in [5, 5.41) is 0. The molecule has 0 atom stereocenters. The van der Waals surface area contributed by atoms with Crippen LogP contribution in [0.2, 0.25) is 0 Å². The van der Waals surface area contributed by atoms with Crippen LogP contribution in [0.25, 0.3) is 0 Å². The van der Waals surface area contributed by atoms with Crippen molar-refractivity contribution in [1.82, 2.24) is 0 Å². The van der Waals surface area contributed by atoms with Crippen LogP contribution in [0.4, 0.5) is 0 Å². The van der Waals surface area contributed by atoms with Crippen molar-refractivity contribution in [1.29, 1.82) is 0 Å². The molecular formula is C6H14NOP. The van der Waals surface area contributed by atoms with E-state index in [2.05, 4.69) is 0 Å². The summed E-state index contributed by atoms with van der Waals surface area (Å²) >= 11 is 0. The topological polar surface area (TPSA) is 43.1 Å². The summed E-state index contributed by atoms with van der Waals surface area (Å²) in [5.41, 5.74) is 5.63. The van der Waals surface area contributed by atoms with Crippen molar-refractivity contribution in [3.63, 3.8) is 0 Å². The first-order valence-electron chi connectivity index (χ1n) is 3.35. The highest BCUT2D eigenvalue weighted by molar-refractivity contribution is 7.00. The minimum Gasteiger partial charge on any atom is -0.328 e. The summed E-state index contributed by atoms with van der Waals surface area (Å²) in [6.45, 7) is 0. The highest BCUT2D eigenvalue weighted by Crippen LogP contribution is 2.14. The first kappa shape index (κ1) is 9.06. The Labute approximate surface area is 58.4 Å². The smallest absolute Gasteiger partial charge is 0.138 e. The van der Waals surface area contributed by atoms with Gasteiger partial charge in [0.1, 0.15) is 9.12 Å². The first-order valence-corrected chi connectivity index (χ1v) is 3.76. The minimum atomic E-state index is 0.536. The van der Waals surface area contributed by atoms with E-state index in [9.17, 15) is 0 Å². The summed E-state index contributed by atoms with van der Waals surface area (Å²) in [5.74, 6) is 0. The van der Waals surface area contributed by atoms with E-state index in [1.54, 1.807) is 9.12 Å². The standard InChI is InChI=1S/C6H13N.HOP/c7-6-4-2-1-3-5-6;1-2/h6H,1-5,7H2;2H. The molecule has 54 valence electrons. The number of rotatable bonds is 0. The fourth-order valence-electron chi connectivity index (χ4n) is 1.13. The van der Waals surface area contributed by atoms with Crippen molar-refractivity contribution < 1.29 is 4.57 Å². The van der Waals surface area contributed by atoms with Gasteiger partial charge in [-0.3, -0.25) is 4.57 Å². The summed E-state index contributed by atoms with van der Waals surface area (Å²) in [4.78, 5) is 0. The fraction of sp³-hybridized carbons (Fsp3) is 1.00. The third-order valence-electron chi connectivity index (χ3n) is 1.65. The van der Waals surface area contributed by atoms with Gasteiger partial charge < -0.3 is 5.73 Å². The molecule has 0 bridgehead atoms. The van der Waals surface area contributed by atoms with E-state index in [1.807, 2.05) is 0 Å². The molecule has 3 heteroatoms. The lowest BCUT2D eigenvalue weighted by molar-refractivity contribution is 0.441. The van der Waals surface area contributed by atoms with Gasteiger partial charge in [-0.2, -0.15) is 0 Å². The molecule has 1 aliphatic carbocycles. The van der Waals surface area contributed by atoms with Gasteiger partial charge in [0, 0.05) is 6.04 Å². The van der Waals surface area contributed by atoms with E-state index in [0.29, 0.717) is 6.04 Å². The molecule has 2 N–H and O–H groups in total. The van der Waals surface area contributed by atoms with Gasteiger partial charge in [-0.1, -0.05) is 19.3 Å². The maximum absolute atomic E-state index is 8.06. The van der Waals surface area contributed by atoms with Gasteiger partial charge in [0.2, 0.25) is 0 Å². The third kappa shape index (κ3) is 4.56. The zero-order chi connectivity index (χ0) is 7.11. The normalized spacial score (nSPS) is 20.1. The summed E-state index contributed by atoms with van der Waals surface area (Å²) in [7, 11) is 1.72. The second-order valence-electron chi connectivity index (χ2n) is 2.40. The summed E-state index contributed by atoms with van der Waals surface area (Å²) < 4.78 is 8.06. The molecule has 0 aromatic heterocycles. The zero-order valence-corrected chi connectivity index (χ0v) is 6.60. The molecule has 1 rings (SSSR count). The van der Waals surface area contributed by atoms with Gasteiger partial charge in [-0.05, 0) is 12.8 Å². The van der Waals surface area contributed by atoms with Gasteiger partial charge in [0.05, 0.1) is 0 Å². The molecule has 0 amide bonds. The maximum atomic E-state index is 8.06. The van der Waals surface area contributed by atoms with Crippen LogP contribution in [-0.4, -0.2) is 6.04 Å². The van der Waals surface area contributed by atoms with Crippen molar-refractivity contribution in [3.05, 3.63) is 0 Å². The largest absolute Gasteiger partial charge is 0.328 e. The average Bonchev–Trinajstić information content (AvgIpc) is 1.94. The summed E-state index contributed by atoms with van der Waals surface area (Å²) in [6, 6.07) is 0.536. The van der Waals surface area contributed by atoms with E-state index >= 15 is 0 Å². The molecule has 2 nitrogen and oxygen atoms in total. The molecule has 0 radical (unpaired) electrons. The molecule has 1 fully saturated rings. The van der Waals surface area contributed by atoms with E-state index in [0.717, 1.165) is 0 Å². The van der Waals surface area contributed by atoms with Crippen LogP contribution in [0.5, 0.6) is 0 Å². The Morgan fingerprint density at radius 3 is 1.78 bits per heavy atom. The lowest BCUT2D eigenvalue weighted by Gasteiger charge is -2.15. The average molecular weight is 147 g/mol. The highest BCUT2D eigenvalue weighted by atomic mass is 31.0. The quantitative estimate of drug-likeness (QED) is 0.530. The third-order valence-corrected chi connectivity index (χ3v) is 1.65. The monoisotopic (exact) mass is 147 g/mol. The number of hydrogen-bond acceptors (Lipinski definition) is 2. The van der Waals surface area contributed by atoms with Gasteiger partial charge in [0.25, 0.3) is 0 Å². The van der Waals surface area contributed by atoms with Crippen LogP contribution in [0, 0.1) is 0 Å². The Morgan fingerprint density at radius 2 is 1.56 bits per heavy atom. The van der Waals surface area contributed by atoms with Crippen molar-refractivity contribution >= 4 is 9.12 Å². The fourth-order valence-corrected chi connectivity index (χ4v) is 1.13. The Balaban J connectivity index is 0.000000291. The molecular weight excluding hydrogens is 133 g/mol. The van der Waals surface area contributed by atoms with Gasteiger partial charge in [-0.15, -0.1) is 0 Å². The second kappa shape index (κ2) is 6.18. The van der Waals surface area contributed by atoms with Crippen LogP contribution < -0.4 is 5.73 Å². The van der Waals surface area contributed by atoms with Gasteiger partial charge >= 0.3 is 0 Å². The first-order chi connectivity index (χ1) is 4.39. The van der Waals surface area contributed by atoms with Gasteiger partial charge in [0.15, 0.2) is 0 Å². The molecule has 0 aromatic rings. The molecule has 0 saturated heterocycles. The Bertz CT molecular complexity index is 64.1. The van der Waals surface area contributed by atoms with Crippen LogP contribution in [0.1, 0.15) is 32.1 Å². The predicted octanol–water partition coefficient (Wildman–Crippen LogP) is 1.75. The zero-order valence-electron chi connectivity index (χ0n) is 5.60. The molecule has 0 heterocycles. The van der Waals surface area contributed by atoms with E-state index in [4.69, 9.17) is 10.3 Å². The van der Waals surface area contributed by atoms with Crippen molar-refractivity contribution in [3.8, 4) is 0 Å². The van der Waals surface area contributed by atoms with Crippen LogP contribution >= 0.6 is 9.12 Å². The van der Waals surface area contributed by atoms with Crippen molar-refractivity contribution in [2.24, 2.45) is 5.73 Å². The SMILES string of the molecule is NC1CCCCC1.O=P. The lowest BCUT2D eigenvalue weighted by atomic mass is 9.97. The van der Waals surface area contributed by atoms with Gasteiger partial charge in [-0.25, -0.2) is 0 Å². The van der Waals surface area contributed by atoms with E-state index in [-0.39, 0.29) is 0 Å². The number of hydrogen-bond donors (Lipinski definition) is 1. The molecule has 0 spiro atoms. The maximum Gasteiger partial charge on any atom is 0.138 e. The minimum absolute atomic E-state index is 0.536. The lowest BCUT2D eigenvalue weighted by Crippen LogP contribution is -2.22. The molecule has 1 aliphatic rings. The Kier molecular flexibility index (Phi) is 6.23. The Morgan fingerprint density at radius 1 is 1.11 bits per heavy atom. The van der Waals surface area contributed by atoms with E-state index in [1.165, 1.54) is 32.1 Å². The van der Waals surface area contributed by atoms with Crippen LogP contribution in [0.3, 0.4) is 0 Å². The molecule has 1 saturated carbocycles. The Hall–Kier alpha value is 0.0600.